The maximum absolute atomic E-state index is 15.2. The smallest absolute Gasteiger partial charge is 0.262 e. The number of carbonyl (C=O) groups is 10. The van der Waals surface area contributed by atoms with E-state index in [1.54, 1.807) is 56.9 Å². The lowest BCUT2D eigenvalue weighted by atomic mass is 9.96. The molecular weight excluding hydrogens is 1240 g/mol. The molecule has 1 saturated heterocycles. The monoisotopic (exact) mass is 1350 g/mol. The van der Waals surface area contributed by atoms with Crippen molar-refractivity contribution in [1.29, 1.82) is 0 Å². The van der Waals surface area contributed by atoms with Crippen LogP contribution in [0.1, 0.15) is 204 Å². The third-order valence-electron chi connectivity index (χ3n) is 18.3. The molecule has 0 saturated carbocycles. The zero-order valence-corrected chi connectivity index (χ0v) is 59.6. The molecule has 4 heterocycles. The molecule has 0 radical (unpaired) electrons. The minimum absolute atomic E-state index is 0.0129. The SMILES string of the molecule is Cc1sc2cc1C1=C(CCC1)c1cc(sc1C)C(=O)[C@H]1CCCN1C(=O)[C@H](CC(C)C)NC(=O)[C@H](CCCCN)NC(=O)[C@H](C(C)C)NC(=O)[C@H](CCCCN)N(C)C(=O)[C@@H](Cc1ccccc1)NC(=O)[C@H](CC(C)C)NC(=O)[C@H](CCCCN)NC(=O)[C@H](C(C)C)NC2=O. The van der Waals surface area contributed by atoms with Crippen molar-refractivity contribution in [2.45, 2.75) is 233 Å². The molecule has 6 rings (SSSR count). The van der Waals surface area contributed by atoms with E-state index >= 15 is 4.79 Å². The van der Waals surface area contributed by atoms with Gasteiger partial charge in [0.2, 0.25) is 47.3 Å². The number of likely N-dealkylation sites (N-methyl/N-ethyl adjacent to an activating group) is 1. The molecule has 3 aromatic rings. The number of nitrogens with one attached hydrogen (secondary N) is 7. The molecule has 22 nitrogen and oxygen atoms in total. The Bertz CT molecular complexity index is 3180. The Labute approximate surface area is 570 Å². The summed E-state index contributed by atoms with van der Waals surface area (Å²) in [5.74, 6) is -6.76. The van der Waals surface area contributed by atoms with E-state index in [1.807, 2.05) is 59.7 Å². The highest BCUT2D eigenvalue weighted by Crippen LogP contribution is 2.45. The molecule has 2 aromatic heterocycles. The Morgan fingerprint density at radius 3 is 1.49 bits per heavy atom. The van der Waals surface area contributed by atoms with E-state index in [0.717, 1.165) is 51.3 Å². The van der Waals surface area contributed by atoms with Gasteiger partial charge < -0.3 is 64.2 Å². The molecule has 9 atom stereocenters. The van der Waals surface area contributed by atoms with Crippen molar-refractivity contribution in [2.75, 3.05) is 33.2 Å². The molecule has 13 N–H and O–H groups in total. The average molecular weight is 1350 g/mol. The molecule has 95 heavy (non-hydrogen) atoms. The standard InChI is InChI=1S/C71H108N12O10S2/c1-40(2)35-53-65(87)79-55(37-46-23-13-12-14-24-46)70(92)82(11)57(29-17-20-33-74)66(88)80-60(42(5)6)68(90)76-52(28-16-19-32-73)64(86)78-54(36-41(3)4)71(93)83-34-22-30-56(83)62(84)58-38-49(44(9)94-58)47-25-21-26-48(47)50-39-59(95-45(50)10)67(89)81-61(43(7)8)69(91)75-51(63(85)77-53)27-15-18-31-72/h12-14,23-24,38-43,51-57,60-61H,15-22,25-37,72-74H2,1-11H3,(H,75,91)(H,76,90)(H,77,85)(H,78,86)(H,79,87)(H,80,88)(H,81,89)/t51-,52-,53-,54-,55+,56+,57-,60-,61-/m0/s1. The zero-order valence-electron chi connectivity index (χ0n) is 57.9. The molecular formula is C71H108N12O10S2. The first-order valence-corrected chi connectivity index (χ1v) is 36.1. The molecule has 4 bridgehead atoms. The Balaban J connectivity index is 1.44. The fourth-order valence-electron chi connectivity index (χ4n) is 13.0. The summed E-state index contributed by atoms with van der Waals surface area (Å²) in [5.41, 5.74) is 22.5. The van der Waals surface area contributed by atoms with Crippen LogP contribution < -0.4 is 54.4 Å². The van der Waals surface area contributed by atoms with Gasteiger partial charge in [-0.2, -0.15) is 0 Å². The van der Waals surface area contributed by atoms with Crippen molar-refractivity contribution in [3.8, 4) is 0 Å². The number of thiophene rings is 2. The molecule has 0 spiro atoms. The largest absolute Gasteiger partial charge is 0.343 e. The number of ketones is 1. The maximum atomic E-state index is 15.2. The number of amides is 9. The van der Waals surface area contributed by atoms with E-state index in [1.165, 1.54) is 34.6 Å². The first-order chi connectivity index (χ1) is 45.2. The van der Waals surface area contributed by atoms with Crippen LogP contribution in [-0.2, 0) is 44.8 Å². The van der Waals surface area contributed by atoms with E-state index in [0.29, 0.717) is 92.9 Å². The number of nitrogens with zero attached hydrogens (tertiary/aromatic N) is 2. The molecule has 2 aliphatic heterocycles. The van der Waals surface area contributed by atoms with Crippen LogP contribution in [0.4, 0.5) is 0 Å². The van der Waals surface area contributed by atoms with Crippen LogP contribution in [-0.4, -0.2) is 156 Å². The predicted octanol–water partition coefficient (Wildman–Crippen LogP) is 6.58. The van der Waals surface area contributed by atoms with Gasteiger partial charge in [-0.25, -0.2) is 0 Å². The van der Waals surface area contributed by atoms with E-state index in [9.17, 15) is 43.2 Å². The fourth-order valence-corrected chi connectivity index (χ4v) is 15.0. The van der Waals surface area contributed by atoms with E-state index in [2.05, 4.69) is 37.2 Å². The highest BCUT2D eigenvalue weighted by atomic mass is 32.1. The number of rotatable bonds is 20. The summed E-state index contributed by atoms with van der Waals surface area (Å²) in [6, 6.07) is 2.65. The average Bonchev–Trinajstić information content (AvgIpc) is 1.64. The maximum Gasteiger partial charge on any atom is 0.262 e. The number of nitrogens with two attached hydrogens (primary N) is 3. The van der Waals surface area contributed by atoms with Gasteiger partial charge in [-0.05, 0) is 200 Å². The highest BCUT2D eigenvalue weighted by molar-refractivity contribution is 7.14. The number of hydrogen-bond donors (Lipinski definition) is 10. The summed E-state index contributed by atoms with van der Waals surface area (Å²) in [6.07, 6.45) is 6.98. The van der Waals surface area contributed by atoms with Crippen LogP contribution in [0.3, 0.4) is 0 Å². The van der Waals surface area contributed by atoms with Gasteiger partial charge in [0.1, 0.15) is 48.3 Å². The normalized spacial score (nSPS) is 24.0. The van der Waals surface area contributed by atoms with E-state index in [4.69, 9.17) is 17.2 Å². The molecule has 1 aromatic carbocycles. The molecule has 1 aliphatic carbocycles. The van der Waals surface area contributed by atoms with Crippen molar-refractivity contribution in [2.24, 2.45) is 40.9 Å². The van der Waals surface area contributed by atoms with Crippen molar-refractivity contribution < 1.29 is 47.9 Å². The molecule has 1 fully saturated rings. The lowest BCUT2D eigenvalue weighted by Crippen LogP contribution is -2.61. The Morgan fingerprint density at radius 1 is 0.505 bits per heavy atom. The van der Waals surface area contributed by atoms with Crippen molar-refractivity contribution >= 4 is 92.8 Å². The summed E-state index contributed by atoms with van der Waals surface area (Å²) in [5, 5.41) is 20.6. The summed E-state index contributed by atoms with van der Waals surface area (Å²) >= 11 is 2.69. The Kier molecular flexibility index (Phi) is 30.1. The van der Waals surface area contributed by atoms with Crippen LogP contribution >= 0.6 is 22.7 Å². The number of carbonyl (C=O) groups excluding carboxylic acids is 10. The number of Topliss-reactive ketones (excluding diaryl/α,β-unsaturated/α-hetero) is 1. The topological polar surface area (TPSA) is 339 Å². The molecule has 524 valence electrons. The minimum atomic E-state index is -1.29. The summed E-state index contributed by atoms with van der Waals surface area (Å²) in [7, 11) is 1.46. The van der Waals surface area contributed by atoms with E-state index in [-0.39, 0.29) is 56.1 Å². The summed E-state index contributed by atoms with van der Waals surface area (Å²) in [4.78, 5) is 154. The summed E-state index contributed by atoms with van der Waals surface area (Å²) < 4.78 is 0. The number of fused-ring (bicyclic) bond motifs is 7. The molecule has 9 amide bonds. The Morgan fingerprint density at radius 2 is 0.968 bits per heavy atom. The quantitative estimate of drug-likeness (QED) is 0.0536. The van der Waals surface area contributed by atoms with Crippen LogP contribution in [0.2, 0.25) is 0 Å². The van der Waals surface area contributed by atoms with Gasteiger partial charge >= 0.3 is 0 Å². The first kappa shape index (κ1) is 77.1. The van der Waals surface area contributed by atoms with Gasteiger partial charge in [0, 0.05) is 29.8 Å². The van der Waals surface area contributed by atoms with Crippen LogP contribution in [0.15, 0.2) is 42.5 Å². The van der Waals surface area contributed by atoms with Crippen molar-refractivity contribution in [1.82, 2.24) is 47.0 Å². The first-order valence-electron chi connectivity index (χ1n) is 34.5. The van der Waals surface area contributed by atoms with Crippen molar-refractivity contribution in [3.63, 3.8) is 0 Å². The van der Waals surface area contributed by atoms with Crippen LogP contribution in [0.25, 0.3) is 11.1 Å². The molecule has 0 unspecified atom stereocenters. The number of hydrogen-bond acceptors (Lipinski definition) is 15. The van der Waals surface area contributed by atoms with Gasteiger partial charge in [-0.3, -0.25) is 47.9 Å². The third-order valence-corrected chi connectivity index (χ3v) is 20.4. The second-order valence-corrected chi connectivity index (χ2v) is 30.0. The van der Waals surface area contributed by atoms with Gasteiger partial charge in [0.25, 0.3) is 5.91 Å². The highest BCUT2D eigenvalue weighted by Gasteiger charge is 2.42. The van der Waals surface area contributed by atoms with Gasteiger partial charge in [0.15, 0.2) is 5.78 Å². The number of benzene rings is 1. The van der Waals surface area contributed by atoms with Gasteiger partial charge in [-0.1, -0.05) is 85.7 Å². The number of allylic oxidation sites excluding steroid dienone is 2. The second-order valence-electron chi connectivity index (χ2n) is 27.5. The van der Waals surface area contributed by atoms with Crippen molar-refractivity contribution in [3.05, 3.63) is 78.7 Å². The van der Waals surface area contributed by atoms with Crippen LogP contribution in [0, 0.1) is 37.5 Å². The second kappa shape index (κ2) is 37.0. The third kappa shape index (κ3) is 21.3. The fraction of sp³-hybridized carbons (Fsp3) is 0.634. The number of unbranched alkanes of at least 4 members (excludes halogenated alkanes) is 3. The lowest BCUT2D eigenvalue weighted by molar-refractivity contribution is -0.143. The molecule has 3 aliphatic rings. The van der Waals surface area contributed by atoms with E-state index < -0.39 is 119 Å². The van der Waals surface area contributed by atoms with Gasteiger partial charge in [-0.15, -0.1) is 22.7 Å². The number of aryl methyl sites for hydroxylation is 2. The minimum Gasteiger partial charge on any atom is -0.343 e. The predicted molar refractivity (Wildman–Crippen MR) is 375 cm³/mol. The molecule has 24 heteroatoms. The van der Waals surface area contributed by atoms with Gasteiger partial charge in [0.05, 0.1) is 15.8 Å². The Hall–Kier alpha value is -6.86. The van der Waals surface area contributed by atoms with Crippen LogP contribution in [0.5, 0.6) is 0 Å². The summed E-state index contributed by atoms with van der Waals surface area (Å²) in [6.45, 7) is 19.9. The lowest BCUT2D eigenvalue weighted by Gasteiger charge is -2.34. The zero-order chi connectivity index (χ0) is 69.8.